The predicted octanol–water partition coefficient (Wildman–Crippen LogP) is 1.74. The SMILES string of the molecule is COc1ccc(S(N)(=O)=O)cc1C(=O)OCC(=O)Nc1ccc(OC(F)F)cc1. The molecule has 9 nitrogen and oxygen atoms in total. The molecule has 3 N–H and O–H groups in total. The van der Waals surface area contributed by atoms with Crippen molar-refractivity contribution in [2.24, 2.45) is 5.14 Å². The second-order valence-corrected chi connectivity index (χ2v) is 7.00. The lowest BCUT2D eigenvalue weighted by atomic mass is 10.2. The van der Waals surface area contributed by atoms with Crippen LogP contribution in [0.5, 0.6) is 11.5 Å². The third-order valence-corrected chi connectivity index (χ3v) is 4.33. The minimum Gasteiger partial charge on any atom is -0.496 e. The minimum atomic E-state index is -4.07. The van der Waals surface area contributed by atoms with Crippen LogP contribution >= 0.6 is 0 Å². The van der Waals surface area contributed by atoms with E-state index in [1.54, 1.807) is 0 Å². The van der Waals surface area contributed by atoms with Crippen molar-refractivity contribution < 1.29 is 41.0 Å². The van der Waals surface area contributed by atoms with Crippen molar-refractivity contribution in [3.8, 4) is 11.5 Å². The second kappa shape index (κ2) is 9.30. The lowest BCUT2D eigenvalue weighted by Crippen LogP contribution is -2.21. The number of methoxy groups -OCH3 is 1. The first-order chi connectivity index (χ1) is 13.6. The number of rotatable bonds is 8. The Bertz CT molecular complexity index is 995. The molecule has 1 amide bonds. The number of carbonyl (C=O) groups is 2. The van der Waals surface area contributed by atoms with Crippen LogP contribution in [-0.2, 0) is 19.6 Å². The van der Waals surface area contributed by atoms with Crippen LogP contribution in [0.3, 0.4) is 0 Å². The van der Waals surface area contributed by atoms with Gasteiger partial charge in [0.25, 0.3) is 5.91 Å². The smallest absolute Gasteiger partial charge is 0.387 e. The number of esters is 1. The number of ether oxygens (including phenoxy) is 3. The summed E-state index contributed by atoms with van der Waals surface area (Å²) >= 11 is 0. The molecule has 0 aromatic heterocycles. The molecule has 0 spiro atoms. The van der Waals surface area contributed by atoms with Crippen LogP contribution in [0.25, 0.3) is 0 Å². The third kappa shape index (κ3) is 6.40. The summed E-state index contributed by atoms with van der Waals surface area (Å²) in [4.78, 5) is 23.8. The lowest BCUT2D eigenvalue weighted by Gasteiger charge is -2.11. The van der Waals surface area contributed by atoms with E-state index in [1.807, 2.05) is 0 Å². The number of amides is 1. The van der Waals surface area contributed by atoms with Crippen molar-refractivity contribution >= 4 is 27.6 Å². The van der Waals surface area contributed by atoms with E-state index in [0.717, 1.165) is 12.1 Å². The first-order valence-electron chi connectivity index (χ1n) is 7.83. The molecule has 2 aromatic carbocycles. The summed E-state index contributed by atoms with van der Waals surface area (Å²) in [6.07, 6.45) is 0. The molecular weight excluding hydrogens is 414 g/mol. The maximum Gasteiger partial charge on any atom is 0.387 e. The molecule has 0 unspecified atom stereocenters. The number of alkyl halides is 2. The molecule has 29 heavy (non-hydrogen) atoms. The molecule has 0 aliphatic heterocycles. The molecule has 0 saturated heterocycles. The van der Waals surface area contributed by atoms with E-state index in [2.05, 4.69) is 10.1 Å². The average molecular weight is 430 g/mol. The fraction of sp³-hybridized carbons (Fsp3) is 0.176. The molecular formula is C17H16F2N2O7S. The quantitative estimate of drug-likeness (QED) is 0.609. The Morgan fingerprint density at radius 2 is 1.79 bits per heavy atom. The number of nitrogens with two attached hydrogens (primary N) is 1. The topological polar surface area (TPSA) is 134 Å². The zero-order valence-electron chi connectivity index (χ0n) is 14.9. The molecule has 0 aliphatic rings. The second-order valence-electron chi connectivity index (χ2n) is 5.43. The molecule has 0 heterocycles. The molecule has 0 saturated carbocycles. The first kappa shape index (κ1) is 22.0. The van der Waals surface area contributed by atoms with Gasteiger partial charge in [-0.1, -0.05) is 0 Å². The Morgan fingerprint density at radius 3 is 2.34 bits per heavy atom. The van der Waals surface area contributed by atoms with E-state index < -0.39 is 35.1 Å². The standard InChI is InChI=1S/C17H16F2N2O7S/c1-26-14-7-6-12(29(20,24)25)8-13(14)16(23)27-9-15(22)21-10-2-4-11(5-3-10)28-17(18)19/h2-8,17H,9H2,1H3,(H,21,22)(H2,20,24,25). The van der Waals surface area contributed by atoms with E-state index >= 15 is 0 Å². The van der Waals surface area contributed by atoms with Crippen LogP contribution in [0, 0.1) is 0 Å². The van der Waals surface area contributed by atoms with Crippen LogP contribution in [0.2, 0.25) is 0 Å². The van der Waals surface area contributed by atoms with Gasteiger partial charge in [0.05, 0.1) is 12.0 Å². The van der Waals surface area contributed by atoms with Gasteiger partial charge in [-0.2, -0.15) is 8.78 Å². The first-order valence-corrected chi connectivity index (χ1v) is 9.37. The largest absolute Gasteiger partial charge is 0.496 e. The van der Waals surface area contributed by atoms with Gasteiger partial charge in [0, 0.05) is 5.69 Å². The van der Waals surface area contributed by atoms with Gasteiger partial charge in [0.1, 0.15) is 17.1 Å². The number of hydrogen-bond donors (Lipinski definition) is 2. The fourth-order valence-electron chi connectivity index (χ4n) is 2.15. The van der Waals surface area contributed by atoms with E-state index in [0.29, 0.717) is 0 Å². The molecule has 0 aliphatic carbocycles. The highest BCUT2D eigenvalue weighted by molar-refractivity contribution is 7.89. The van der Waals surface area contributed by atoms with Gasteiger partial charge >= 0.3 is 12.6 Å². The van der Waals surface area contributed by atoms with E-state index in [9.17, 15) is 26.8 Å². The highest BCUT2D eigenvalue weighted by Gasteiger charge is 2.19. The molecule has 12 heteroatoms. The Labute approximate surface area is 164 Å². The summed E-state index contributed by atoms with van der Waals surface area (Å²) in [6.45, 7) is -3.67. The van der Waals surface area contributed by atoms with Crippen molar-refractivity contribution in [1.29, 1.82) is 0 Å². The van der Waals surface area contributed by atoms with Crippen LogP contribution in [0.1, 0.15) is 10.4 Å². The number of anilines is 1. The normalized spacial score (nSPS) is 11.1. The van der Waals surface area contributed by atoms with Crippen LogP contribution < -0.4 is 19.9 Å². The Hall–Kier alpha value is -3.25. The van der Waals surface area contributed by atoms with Gasteiger partial charge < -0.3 is 19.5 Å². The molecule has 156 valence electrons. The fourth-order valence-corrected chi connectivity index (χ4v) is 2.69. The number of carbonyl (C=O) groups excluding carboxylic acids is 2. The number of benzene rings is 2. The predicted molar refractivity (Wildman–Crippen MR) is 96.4 cm³/mol. The van der Waals surface area contributed by atoms with Crippen molar-refractivity contribution in [2.75, 3.05) is 19.0 Å². The molecule has 0 radical (unpaired) electrons. The zero-order chi connectivity index (χ0) is 21.6. The average Bonchev–Trinajstić information content (AvgIpc) is 2.66. The van der Waals surface area contributed by atoms with Gasteiger partial charge in [-0.3, -0.25) is 4.79 Å². The van der Waals surface area contributed by atoms with Crippen LogP contribution in [0.4, 0.5) is 14.5 Å². The summed E-state index contributed by atoms with van der Waals surface area (Å²) in [6, 6.07) is 8.41. The zero-order valence-corrected chi connectivity index (χ0v) is 15.7. The molecule has 0 fully saturated rings. The highest BCUT2D eigenvalue weighted by atomic mass is 32.2. The van der Waals surface area contributed by atoms with Gasteiger partial charge in [0.2, 0.25) is 10.0 Å². The number of primary sulfonamides is 1. The van der Waals surface area contributed by atoms with Gasteiger partial charge in [0.15, 0.2) is 6.61 Å². The van der Waals surface area contributed by atoms with E-state index in [-0.39, 0.29) is 27.6 Å². The van der Waals surface area contributed by atoms with Gasteiger partial charge in [-0.15, -0.1) is 0 Å². The number of halogens is 2. The molecule has 2 aromatic rings. The summed E-state index contributed by atoms with van der Waals surface area (Å²) in [5.74, 6) is -1.80. The highest BCUT2D eigenvalue weighted by Crippen LogP contribution is 2.23. The summed E-state index contributed by atoms with van der Waals surface area (Å²) < 4.78 is 61.1. The molecule has 2 rings (SSSR count). The van der Waals surface area contributed by atoms with Gasteiger partial charge in [-0.25, -0.2) is 18.4 Å². The van der Waals surface area contributed by atoms with Crippen molar-refractivity contribution in [3.05, 3.63) is 48.0 Å². The molecule has 0 bridgehead atoms. The summed E-state index contributed by atoms with van der Waals surface area (Å²) in [5.41, 5.74) is 0.0156. The van der Waals surface area contributed by atoms with Gasteiger partial charge in [-0.05, 0) is 42.5 Å². The monoisotopic (exact) mass is 430 g/mol. The van der Waals surface area contributed by atoms with Crippen molar-refractivity contribution in [2.45, 2.75) is 11.5 Å². The number of hydrogen-bond acceptors (Lipinski definition) is 7. The molecule has 0 atom stereocenters. The van der Waals surface area contributed by atoms with Crippen molar-refractivity contribution in [1.82, 2.24) is 0 Å². The maximum atomic E-state index is 12.2. The summed E-state index contributed by atoms with van der Waals surface area (Å²) in [5, 5.41) is 7.41. The van der Waals surface area contributed by atoms with E-state index in [4.69, 9.17) is 14.6 Å². The Balaban J connectivity index is 2.00. The lowest BCUT2D eigenvalue weighted by molar-refractivity contribution is -0.119. The number of sulfonamides is 1. The van der Waals surface area contributed by atoms with Crippen LogP contribution in [-0.4, -0.2) is 40.6 Å². The van der Waals surface area contributed by atoms with Crippen LogP contribution in [0.15, 0.2) is 47.4 Å². The third-order valence-electron chi connectivity index (χ3n) is 3.42. The maximum absolute atomic E-state index is 12.2. The summed E-state index contributed by atoms with van der Waals surface area (Å²) in [7, 11) is -2.81. The van der Waals surface area contributed by atoms with E-state index in [1.165, 1.54) is 37.4 Å². The van der Waals surface area contributed by atoms with Crippen molar-refractivity contribution in [3.63, 3.8) is 0 Å². The number of nitrogens with one attached hydrogen (secondary N) is 1. The Kier molecular flexibility index (Phi) is 7.07. The minimum absolute atomic E-state index is 0.0254. The Morgan fingerprint density at radius 1 is 1.14 bits per heavy atom.